The fourth-order valence-electron chi connectivity index (χ4n) is 1.52. The Morgan fingerprint density at radius 2 is 2.30 bits per heavy atom. The zero-order valence-corrected chi connectivity index (χ0v) is 11.7. The zero-order valence-electron chi connectivity index (χ0n) is 10.1. The number of carbonyl (C=O) groups excluding carboxylic acids is 1. The van der Waals surface area contributed by atoms with E-state index in [9.17, 15) is 14.9 Å². The van der Waals surface area contributed by atoms with Gasteiger partial charge in [0, 0.05) is 5.69 Å². The maximum atomic E-state index is 11.2. The van der Waals surface area contributed by atoms with E-state index in [4.69, 9.17) is 0 Å². The number of nitro groups is 1. The lowest BCUT2D eigenvalue weighted by molar-refractivity contribution is -0.390. The van der Waals surface area contributed by atoms with Gasteiger partial charge in [0.2, 0.25) is 5.91 Å². The highest BCUT2D eigenvalue weighted by Gasteiger charge is 2.19. The third-order valence-electron chi connectivity index (χ3n) is 2.39. The van der Waals surface area contributed by atoms with Crippen LogP contribution < -0.4 is 5.32 Å². The Kier molecular flexibility index (Phi) is 3.94. The molecule has 0 aliphatic carbocycles. The first-order valence-electron chi connectivity index (χ1n) is 5.44. The molecule has 0 unspecified atom stereocenters. The highest BCUT2D eigenvalue weighted by molar-refractivity contribution is 9.10. The molecule has 20 heavy (non-hydrogen) atoms. The minimum atomic E-state index is -0.579. The van der Waals surface area contributed by atoms with Crippen LogP contribution in [0.3, 0.4) is 0 Å². The van der Waals surface area contributed by atoms with Gasteiger partial charge in [0.25, 0.3) is 0 Å². The molecule has 7 nitrogen and oxygen atoms in total. The molecular formula is C12H9BrN4O3. The largest absolute Gasteiger partial charge is 0.404 e. The van der Waals surface area contributed by atoms with Crippen LogP contribution in [-0.2, 0) is 4.79 Å². The van der Waals surface area contributed by atoms with Crippen LogP contribution in [0.2, 0.25) is 0 Å². The third-order valence-corrected chi connectivity index (χ3v) is 2.95. The van der Waals surface area contributed by atoms with E-state index in [0.717, 1.165) is 6.08 Å². The molecule has 2 aromatic rings. The van der Waals surface area contributed by atoms with Crippen molar-refractivity contribution < 1.29 is 9.72 Å². The summed E-state index contributed by atoms with van der Waals surface area (Å²) in [5.41, 5.74) is 1.13. The van der Waals surface area contributed by atoms with E-state index in [-0.39, 0.29) is 16.2 Å². The van der Waals surface area contributed by atoms with Gasteiger partial charge in [-0.15, -0.1) is 4.68 Å². The molecule has 0 spiro atoms. The Morgan fingerprint density at radius 3 is 2.90 bits per heavy atom. The summed E-state index contributed by atoms with van der Waals surface area (Å²) in [5, 5.41) is 17.2. The topological polar surface area (TPSA) is 90.1 Å². The van der Waals surface area contributed by atoms with Gasteiger partial charge < -0.3 is 15.4 Å². The smallest absolute Gasteiger partial charge is 0.358 e. The molecule has 8 heteroatoms. The summed E-state index contributed by atoms with van der Waals surface area (Å²) in [6.07, 6.45) is 2.63. The van der Waals surface area contributed by atoms with Crippen molar-refractivity contribution in [2.24, 2.45) is 0 Å². The summed E-state index contributed by atoms with van der Waals surface area (Å²) >= 11 is 3.08. The summed E-state index contributed by atoms with van der Waals surface area (Å²) in [7, 11) is 0. The second-order valence-electron chi connectivity index (χ2n) is 3.75. The molecular weight excluding hydrogens is 328 g/mol. The molecule has 0 fully saturated rings. The lowest BCUT2D eigenvalue weighted by atomic mass is 10.2. The molecule has 0 atom stereocenters. The van der Waals surface area contributed by atoms with Crippen molar-refractivity contribution in [3.8, 4) is 5.69 Å². The average molecular weight is 337 g/mol. The maximum Gasteiger partial charge on any atom is 0.404 e. The van der Waals surface area contributed by atoms with Gasteiger partial charge in [-0.05, 0) is 45.1 Å². The van der Waals surface area contributed by atoms with Gasteiger partial charge in [0.05, 0.1) is 17.0 Å². The number of amides is 1. The summed E-state index contributed by atoms with van der Waals surface area (Å²) in [5.74, 6) is -0.611. The second kappa shape index (κ2) is 5.66. The summed E-state index contributed by atoms with van der Waals surface area (Å²) in [6, 6.07) is 6.75. The van der Waals surface area contributed by atoms with Crippen molar-refractivity contribution in [1.82, 2.24) is 9.78 Å². The minimum absolute atomic E-state index is 0.273. The molecule has 0 aliphatic heterocycles. The monoisotopic (exact) mass is 336 g/mol. The first-order chi connectivity index (χ1) is 9.51. The van der Waals surface area contributed by atoms with Crippen molar-refractivity contribution in [3.05, 3.63) is 57.7 Å². The summed E-state index contributed by atoms with van der Waals surface area (Å²) in [6.45, 7) is 3.36. The van der Waals surface area contributed by atoms with Crippen molar-refractivity contribution in [2.45, 2.75) is 0 Å². The average Bonchev–Trinajstić information content (AvgIpc) is 2.81. The van der Waals surface area contributed by atoms with E-state index in [2.05, 4.69) is 32.9 Å². The van der Waals surface area contributed by atoms with Crippen molar-refractivity contribution in [3.63, 3.8) is 0 Å². The normalized spacial score (nSPS) is 10.1. The number of aromatic nitrogens is 2. The number of nitrogens with one attached hydrogen (secondary N) is 1. The van der Waals surface area contributed by atoms with Gasteiger partial charge in [-0.3, -0.25) is 4.79 Å². The Bertz CT molecular complexity index is 696. The number of benzene rings is 1. The van der Waals surface area contributed by atoms with E-state index in [1.807, 2.05) is 0 Å². The van der Waals surface area contributed by atoms with Gasteiger partial charge in [-0.25, -0.2) is 0 Å². The number of halogens is 1. The number of anilines is 1. The van der Waals surface area contributed by atoms with E-state index in [1.54, 1.807) is 24.3 Å². The number of rotatable bonds is 4. The highest BCUT2D eigenvalue weighted by Crippen LogP contribution is 2.25. The summed E-state index contributed by atoms with van der Waals surface area (Å²) < 4.78 is 1.63. The molecule has 102 valence electrons. The van der Waals surface area contributed by atoms with Crippen molar-refractivity contribution in [1.29, 1.82) is 0 Å². The van der Waals surface area contributed by atoms with Crippen molar-refractivity contribution in [2.75, 3.05) is 5.32 Å². The number of carbonyl (C=O) groups is 1. The van der Waals surface area contributed by atoms with Crippen LogP contribution in [0.4, 0.5) is 11.5 Å². The molecule has 1 aromatic carbocycles. The molecule has 1 N–H and O–H groups in total. The third kappa shape index (κ3) is 2.91. The molecule has 2 rings (SSSR count). The van der Waals surface area contributed by atoms with Crippen LogP contribution >= 0.6 is 15.9 Å². The zero-order chi connectivity index (χ0) is 14.7. The molecule has 1 heterocycles. The molecule has 0 saturated heterocycles. The maximum absolute atomic E-state index is 11.2. The minimum Gasteiger partial charge on any atom is -0.358 e. The van der Waals surface area contributed by atoms with Crippen molar-refractivity contribution >= 4 is 33.3 Å². The first kappa shape index (κ1) is 13.9. The summed E-state index contributed by atoms with van der Waals surface area (Å²) in [4.78, 5) is 21.4. The van der Waals surface area contributed by atoms with Gasteiger partial charge in [-0.1, -0.05) is 12.6 Å². The lowest BCUT2D eigenvalue weighted by Crippen LogP contribution is -2.07. The van der Waals surface area contributed by atoms with Crippen LogP contribution in [0.1, 0.15) is 0 Å². The lowest BCUT2D eigenvalue weighted by Gasteiger charge is -2.03. The van der Waals surface area contributed by atoms with E-state index in [1.165, 1.54) is 10.9 Å². The van der Waals surface area contributed by atoms with Gasteiger partial charge >= 0.3 is 5.82 Å². The van der Waals surface area contributed by atoms with E-state index < -0.39 is 4.92 Å². The molecule has 0 radical (unpaired) electrons. The fourth-order valence-corrected chi connectivity index (χ4v) is 1.94. The second-order valence-corrected chi connectivity index (χ2v) is 4.60. The van der Waals surface area contributed by atoms with Crippen LogP contribution in [0.25, 0.3) is 5.69 Å². The van der Waals surface area contributed by atoms with Gasteiger partial charge in [0.1, 0.15) is 4.47 Å². The fraction of sp³-hybridized carbons (Fsp3) is 0. The SMILES string of the molecule is C=CC(=O)Nc1cccc(-n2cc(Br)c([N+](=O)[O-])n2)c1. The van der Waals surface area contributed by atoms with E-state index in [0.29, 0.717) is 11.4 Å². The van der Waals surface area contributed by atoms with E-state index >= 15 is 0 Å². The Balaban J connectivity index is 2.35. The molecule has 0 bridgehead atoms. The highest BCUT2D eigenvalue weighted by atomic mass is 79.9. The van der Waals surface area contributed by atoms with Crippen LogP contribution in [0, 0.1) is 10.1 Å². The van der Waals surface area contributed by atoms with Gasteiger partial charge in [0.15, 0.2) is 0 Å². The Morgan fingerprint density at radius 1 is 1.55 bits per heavy atom. The number of nitrogens with zero attached hydrogens (tertiary/aromatic N) is 3. The number of hydrogen-bond donors (Lipinski definition) is 1. The predicted octanol–water partition coefficient (Wildman–Crippen LogP) is 2.67. The van der Waals surface area contributed by atoms with Crippen LogP contribution in [-0.4, -0.2) is 20.6 Å². The van der Waals surface area contributed by atoms with Crippen LogP contribution in [0.15, 0.2) is 47.6 Å². The predicted molar refractivity (Wildman–Crippen MR) is 76.7 cm³/mol. The van der Waals surface area contributed by atoms with Crippen LogP contribution in [0.5, 0.6) is 0 Å². The van der Waals surface area contributed by atoms with Gasteiger partial charge in [-0.2, -0.15) is 0 Å². The number of hydrogen-bond acceptors (Lipinski definition) is 4. The Labute approximate surface area is 122 Å². The quantitative estimate of drug-likeness (QED) is 0.528. The Hall–Kier alpha value is -2.48. The first-order valence-corrected chi connectivity index (χ1v) is 6.24. The molecule has 1 amide bonds. The molecule has 1 aromatic heterocycles. The molecule has 0 saturated carbocycles. The molecule has 0 aliphatic rings. The standard InChI is InChI=1S/C12H9BrN4O3/c1-2-11(18)14-8-4-3-5-9(6-8)16-7-10(13)12(15-16)17(19)20/h2-7H,1H2,(H,14,18).